The van der Waals surface area contributed by atoms with Crippen molar-refractivity contribution in [3.05, 3.63) is 68.6 Å². The molecule has 1 fully saturated rings. The molecule has 0 saturated heterocycles. The van der Waals surface area contributed by atoms with Gasteiger partial charge in [0.05, 0.1) is 0 Å². The molecular formula is C12H13Rh. The van der Waals surface area contributed by atoms with E-state index in [-0.39, 0.29) is 19.5 Å². The zero-order valence-corrected chi connectivity index (χ0v) is 9.03. The minimum absolute atomic E-state index is 0. The van der Waals surface area contributed by atoms with E-state index in [1.54, 1.807) is 0 Å². The van der Waals surface area contributed by atoms with E-state index in [9.17, 15) is 0 Å². The number of hydrogen-bond acceptors (Lipinski definition) is 0. The summed E-state index contributed by atoms with van der Waals surface area (Å²) in [7, 11) is 0. The molecule has 6 radical (unpaired) electrons. The van der Waals surface area contributed by atoms with Gasteiger partial charge in [-0.3, -0.25) is 0 Å². The normalized spacial score (nSPS) is 18.5. The van der Waals surface area contributed by atoms with Gasteiger partial charge in [0, 0.05) is 19.5 Å². The zero-order valence-electron chi connectivity index (χ0n) is 7.39. The fourth-order valence-electron chi connectivity index (χ4n) is 0.842. The van der Waals surface area contributed by atoms with Crippen LogP contribution in [0.2, 0.25) is 0 Å². The molecule has 0 atom stereocenters. The van der Waals surface area contributed by atoms with Gasteiger partial charge in [-0.25, -0.2) is 0 Å². The maximum absolute atomic E-state index is 2.12. The molecule has 70 valence electrons. The van der Waals surface area contributed by atoms with Crippen LogP contribution in [0.3, 0.4) is 0 Å². The van der Waals surface area contributed by atoms with Crippen LogP contribution < -0.4 is 0 Å². The maximum Gasteiger partial charge on any atom is 0 e. The Morgan fingerprint density at radius 3 is 1.31 bits per heavy atom. The molecule has 0 nitrogen and oxygen atoms in total. The average Bonchev–Trinajstić information content (AvgIpc) is 2.54. The molecule has 1 saturated carbocycles. The van der Waals surface area contributed by atoms with E-state index >= 15 is 0 Å². The minimum atomic E-state index is 0. The average molecular weight is 260 g/mol. The van der Waals surface area contributed by atoms with E-state index < -0.39 is 0 Å². The summed E-state index contributed by atoms with van der Waals surface area (Å²) in [6.45, 7) is 0. The maximum atomic E-state index is 2.12. The van der Waals surface area contributed by atoms with Gasteiger partial charge in [-0.2, -0.15) is 0 Å². The van der Waals surface area contributed by atoms with Gasteiger partial charge in [0.25, 0.3) is 0 Å². The summed E-state index contributed by atoms with van der Waals surface area (Å²) in [5.74, 6) is 0. The summed E-state index contributed by atoms with van der Waals surface area (Å²) in [6.07, 6.45) is 23.5. The van der Waals surface area contributed by atoms with Crippen LogP contribution in [0.4, 0.5) is 0 Å². The zero-order chi connectivity index (χ0) is 8.49. The Labute approximate surface area is 94.6 Å². The minimum Gasteiger partial charge on any atom is -0.0807 e. The van der Waals surface area contributed by atoms with Crippen molar-refractivity contribution in [2.75, 3.05) is 0 Å². The molecule has 0 heterocycles. The number of allylic oxidation sites excluding steroid dienone is 6. The monoisotopic (exact) mass is 260 g/mol. The Hall–Kier alpha value is -0.157. The van der Waals surface area contributed by atoms with Crippen LogP contribution in [-0.4, -0.2) is 0 Å². The predicted molar refractivity (Wildman–Crippen MR) is 53.5 cm³/mol. The smallest absolute Gasteiger partial charge is 0 e. The molecule has 0 aliphatic heterocycles. The van der Waals surface area contributed by atoms with Crippen LogP contribution in [0.5, 0.6) is 0 Å². The second kappa shape index (κ2) is 9.93. The molecule has 13 heavy (non-hydrogen) atoms. The SMILES string of the molecule is C1=CC=CCC=C1.[CH]1[CH][CH][CH][CH]1.[Rh]. The molecule has 0 N–H and O–H groups in total. The van der Waals surface area contributed by atoms with Crippen LogP contribution in [0.15, 0.2) is 36.5 Å². The van der Waals surface area contributed by atoms with Gasteiger partial charge in [-0.15, -0.1) is 0 Å². The fraction of sp³-hybridized carbons (Fsp3) is 0.0833. The van der Waals surface area contributed by atoms with Crippen LogP contribution in [0.1, 0.15) is 6.42 Å². The number of rotatable bonds is 0. The van der Waals surface area contributed by atoms with E-state index in [1.807, 2.05) is 44.3 Å². The Morgan fingerprint density at radius 2 is 0.923 bits per heavy atom. The molecular weight excluding hydrogens is 247 g/mol. The van der Waals surface area contributed by atoms with Gasteiger partial charge < -0.3 is 0 Å². The molecule has 0 bridgehead atoms. The van der Waals surface area contributed by atoms with E-state index in [0.717, 1.165) is 6.42 Å². The van der Waals surface area contributed by atoms with Gasteiger partial charge in [-0.05, 0) is 38.5 Å². The summed E-state index contributed by atoms with van der Waals surface area (Å²) in [5, 5.41) is 0. The largest absolute Gasteiger partial charge is 0.0807 e. The fourth-order valence-corrected chi connectivity index (χ4v) is 0.842. The quantitative estimate of drug-likeness (QED) is 0.587. The molecule has 0 aromatic carbocycles. The second-order valence-electron chi connectivity index (χ2n) is 2.44. The van der Waals surface area contributed by atoms with Crippen molar-refractivity contribution >= 4 is 0 Å². The summed E-state index contributed by atoms with van der Waals surface area (Å²) >= 11 is 0. The molecule has 0 amide bonds. The molecule has 2 aliphatic rings. The van der Waals surface area contributed by atoms with Crippen molar-refractivity contribution in [2.45, 2.75) is 6.42 Å². The predicted octanol–water partition coefficient (Wildman–Crippen LogP) is 3.08. The Kier molecular flexibility index (Phi) is 9.81. The summed E-state index contributed by atoms with van der Waals surface area (Å²) < 4.78 is 0. The van der Waals surface area contributed by atoms with Crippen molar-refractivity contribution < 1.29 is 19.5 Å². The van der Waals surface area contributed by atoms with Crippen molar-refractivity contribution in [3.8, 4) is 0 Å². The van der Waals surface area contributed by atoms with E-state index in [0.29, 0.717) is 0 Å². The molecule has 2 rings (SSSR count). The molecule has 0 aromatic rings. The van der Waals surface area contributed by atoms with Gasteiger partial charge >= 0.3 is 0 Å². The molecule has 2 aliphatic carbocycles. The number of hydrogen-bond donors (Lipinski definition) is 0. The first-order valence-corrected chi connectivity index (χ1v) is 4.15. The second-order valence-corrected chi connectivity index (χ2v) is 2.44. The van der Waals surface area contributed by atoms with Gasteiger partial charge in [0.1, 0.15) is 0 Å². The first-order chi connectivity index (χ1) is 6.00. The van der Waals surface area contributed by atoms with Crippen molar-refractivity contribution in [1.29, 1.82) is 0 Å². The van der Waals surface area contributed by atoms with Crippen LogP contribution in [0.25, 0.3) is 0 Å². The summed E-state index contributed by atoms with van der Waals surface area (Å²) in [5.41, 5.74) is 0. The Bertz CT molecular complexity index is 152. The van der Waals surface area contributed by atoms with E-state index in [1.165, 1.54) is 0 Å². The third-order valence-corrected chi connectivity index (χ3v) is 1.43. The third kappa shape index (κ3) is 8.18. The standard InChI is InChI=1S/C7H8.C5H5.Rh/c1-2-4-6-7-5-3-1;1-2-4-5-3-1;/h1-6H,7H2;1-5H;. The third-order valence-electron chi connectivity index (χ3n) is 1.43. The van der Waals surface area contributed by atoms with Crippen LogP contribution >= 0.6 is 0 Å². The van der Waals surface area contributed by atoms with Crippen LogP contribution in [-0.2, 0) is 19.5 Å². The van der Waals surface area contributed by atoms with E-state index in [2.05, 4.69) is 24.3 Å². The molecule has 0 unspecified atom stereocenters. The Morgan fingerprint density at radius 1 is 0.538 bits per heavy atom. The van der Waals surface area contributed by atoms with Gasteiger partial charge in [-0.1, -0.05) is 36.5 Å². The molecule has 0 spiro atoms. The van der Waals surface area contributed by atoms with Crippen molar-refractivity contribution in [3.63, 3.8) is 0 Å². The first-order valence-electron chi connectivity index (χ1n) is 4.15. The molecule has 0 aromatic heterocycles. The topological polar surface area (TPSA) is 0 Å². The molecule has 1 heteroatoms. The first kappa shape index (κ1) is 12.8. The van der Waals surface area contributed by atoms with Crippen LogP contribution in [0, 0.1) is 32.1 Å². The van der Waals surface area contributed by atoms with Gasteiger partial charge in [0.15, 0.2) is 0 Å². The van der Waals surface area contributed by atoms with Crippen molar-refractivity contribution in [1.82, 2.24) is 0 Å². The van der Waals surface area contributed by atoms with Crippen molar-refractivity contribution in [2.24, 2.45) is 0 Å². The summed E-state index contributed by atoms with van der Waals surface area (Å²) in [6, 6.07) is 0. The van der Waals surface area contributed by atoms with E-state index in [4.69, 9.17) is 0 Å². The van der Waals surface area contributed by atoms with Gasteiger partial charge in [0.2, 0.25) is 0 Å². The Balaban J connectivity index is 0.000000215. The summed E-state index contributed by atoms with van der Waals surface area (Å²) in [4.78, 5) is 0.